The zero-order valence-corrected chi connectivity index (χ0v) is 12.9. The number of piperazine rings is 2. The molecule has 0 aromatic heterocycles. The molecule has 0 bridgehead atoms. The first-order chi connectivity index (χ1) is 6.79. The minimum atomic E-state index is 0. The molecular formula is C10H24N4Sn. The zero-order chi connectivity index (χ0) is 10.2. The van der Waals surface area contributed by atoms with Crippen molar-refractivity contribution in [3.63, 3.8) is 0 Å². The topological polar surface area (TPSA) is 30.5 Å². The van der Waals surface area contributed by atoms with Crippen LogP contribution in [0.15, 0.2) is 0 Å². The summed E-state index contributed by atoms with van der Waals surface area (Å²) in [5, 5.41) is 6.55. The van der Waals surface area contributed by atoms with Gasteiger partial charge < -0.3 is 20.4 Å². The Balaban J connectivity index is 0.000000245. The maximum absolute atomic E-state index is 3.27. The molecule has 2 saturated heterocycles. The fourth-order valence-electron chi connectivity index (χ4n) is 1.55. The van der Waals surface area contributed by atoms with E-state index in [1.165, 1.54) is 26.2 Å². The van der Waals surface area contributed by atoms with Gasteiger partial charge in [0.15, 0.2) is 0 Å². The van der Waals surface area contributed by atoms with Crippen LogP contribution < -0.4 is 10.6 Å². The van der Waals surface area contributed by atoms with E-state index in [9.17, 15) is 0 Å². The first-order valence-electron chi connectivity index (χ1n) is 5.57. The van der Waals surface area contributed by atoms with Gasteiger partial charge in [-0.15, -0.1) is 0 Å². The summed E-state index contributed by atoms with van der Waals surface area (Å²) in [6.07, 6.45) is 0. The molecule has 2 N–H and O–H groups in total. The van der Waals surface area contributed by atoms with Crippen molar-refractivity contribution in [3.05, 3.63) is 0 Å². The fourth-order valence-corrected chi connectivity index (χ4v) is 1.55. The number of hydrogen-bond acceptors (Lipinski definition) is 4. The fraction of sp³-hybridized carbons (Fsp3) is 1.00. The second kappa shape index (κ2) is 9.84. The largest absolute Gasteiger partial charge is 0.314 e. The molecule has 0 amide bonds. The van der Waals surface area contributed by atoms with E-state index in [0.29, 0.717) is 0 Å². The van der Waals surface area contributed by atoms with Crippen LogP contribution in [-0.2, 0) is 0 Å². The van der Waals surface area contributed by atoms with E-state index in [0.717, 1.165) is 26.2 Å². The number of nitrogens with one attached hydrogen (secondary N) is 2. The Morgan fingerprint density at radius 3 is 1.07 bits per heavy atom. The van der Waals surface area contributed by atoms with Gasteiger partial charge in [-0.05, 0) is 14.1 Å². The van der Waals surface area contributed by atoms with Gasteiger partial charge in [-0.1, -0.05) is 0 Å². The Labute approximate surface area is 111 Å². The normalized spacial score (nSPS) is 23.6. The van der Waals surface area contributed by atoms with E-state index in [1.807, 2.05) is 0 Å². The third kappa shape index (κ3) is 8.45. The van der Waals surface area contributed by atoms with E-state index in [2.05, 4.69) is 34.5 Å². The smallest absolute Gasteiger partial charge is 0.0104 e. The molecular weight excluding hydrogens is 295 g/mol. The predicted octanol–water partition coefficient (Wildman–Crippen LogP) is -1.34. The zero-order valence-electron chi connectivity index (χ0n) is 10.1. The van der Waals surface area contributed by atoms with Crippen molar-refractivity contribution in [1.29, 1.82) is 0 Å². The van der Waals surface area contributed by atoms with Crippen molar-refractivity contribution in [2.75, 3.05) is 66.5 Å². The number of nitrogens with zero attached hydrogens (tertiary/aromatic N) is 2. The Morgan fingerprint density at radius 1 is 0.667 bits per heavy atom. The quantitative estimate of drug-likeness (QED) is 0.542. The third-order valence-corrected chi connectivity index (χ3v) is 2.68. The monoisotopic (exact) mass is 320 g/mol. The van der Waals surface area contributed by atoms with Gasteiger partial charge in [-0.25, -0.2) is 0 Å². The Morgan fingerprint density at radius 2 is 0.933 bits per heavy atom. The minimum Gasteiger partial charge on any atom is -0.314 e. The minimum absolute atomic E-state index is 0. The molecule has 0 atom stereocenters. The van der Waals surface area contributed by atoms with Gasteiger partial charge in [0, 0.05) is 76.3 Å². The average Bonchev–Trinajstić information content (AvgIpc) is 2.21. The molecule has 0 aromatic carbocycles. The van der Waals surface area contributed by atoms with Crippen LogP contribution in [-0.4, -0.2) is 100 Å². The van der Waals surface area contributed by atoms with Crippen molar-refractivity contribution in [2.45, 2.75) is 0 Å². The van der Waals surface area contributed by atoms with Crippen LogP contribution in [0.2, 0.25) is 0 Å². The predicted molar refractivity (Wildman–Crippen MR) is 66.5 cm³/mol. The molecule has 4 radical (unpaired) electrons. The van der Waals surface area contributed by atoms with E-state index in [1.54, 1.807) is 0 Å². The van der Waals surface area contributed by atoms with Crippen LogP contribution in [0.1, 0.15) is 0 Å². The molecule has 2 fully saturated rings. The van der Waals surface area contributed by atoms with E-state index < -0.39 is 0 Å². The Bertz CT molecular complexity index is 117. The first-order valence-corrected chi connectivity index (χ1v) is 5.57. The molecule has 15 heavy (non-hydrogen) atoms. The molecule has 0 aromatic rings. The van der Waals surface area contributed by atoms with Crippen molar-refractivity contribution >= 4 is 23.9 Å². The summed E-state index contributed by atoms with van der Waals surface area (Å²) < 4.78 is 0. The summed E-state index contributed by atoms with van der Waals surface area (Å²) in [4.78, 5) is 4.66. The molecule has 2 aliphatic heterocycles. The molecule has 88 valence electrons. The molecule has 2 aliphatic rings. The van der Waals surface area contributed by atoms with Gasteiger partial charge >= 0.3 is 0 Å². The van der Waals surface area contributed by atoms with Crippen LogP contribution in [0.25, 0.3) is 0 Å². The van der Waals surface area contributed by atoms with Crippen molar-refractivity contribution in [2.24, 2.45) is 0 Å². The molecule has 2 heterocycles. The van der Waals surface area contributed by atoms with Gasteiger partial charge in [0.1, 0.15) is 0 Å². The van der Waals surface area contributed by atoms with Crippen LogP contribution in [0.5, 0.6) is 0 Å². The standard InChI is InChI=1S/2C5H12N2.Sn/c2*1-7-4-2-6-3-5-7;/h2*6H,2-5H2,1H3;. The van der Waals surface area contributed by atoms with E-state index in [4.69, 9.17) is 0 Å². The maximum atomic E-state index is 3.27. The average molecular weight is 319 g/mol. The van der Waals surface area contributed by atoms with Crippen LogP contribution in [0.4, 0.5) is 0 Å². The van der Waals surface area contributed by atoms with Gasteiger partial charge in [0.05, 0.1) is 0 Å². The van der Waals surface area contributed by atoms with Crippen molar-refractivity contribution < 1.29 is 0 Å². The Kier molecular flexibility index (Phi) is 10.3. The molecule has 0 spiro atoms. The van der Waals surface area contributed by atoms with Crippen LogP contribution in [0, 0.1) is 0 Å². The molecule has 5 heteroatoms. The summed E-state index contributed by atoms with van der Waals surface area (Å²) >= 11 is 0. The first kappa shape index (κ1) is 15.6. The molecule has 0 saturated carbocycles. The number of rotatable bonds is 0. The third-order valence-electron chi connectivity index (χ3n) is 2.68. The summed E-state index contributed by atoms with van der Waals surface area (Å²) in [5.74, 6) is 0. The summed E-state index contributed by atoms with van der Waals surface area (Å²) in [6, 6.07) is 0. The molecule has 2 rings (SSSR count). The molecule has 0 aliphatic carbocycles. The van der Waals surface area contributed by atoms with Crippen molar-refractivity contribution in [1.82, 2.24) is 20.4 Å². The van der Waals surface area contributed by atoms with Crippen LogP contribution in [0.3, 0.4) is 0 Å². The van der Waals surface area contributed by atoms with E-state index >= 15 is 0 Å². The summed E-state index contributed by atoms with van der Waals surface area (Å²) in [5.41, 5.74) is 0. The SMILES string of the molecule is CN1CCNCC1.CN1CCNCC1.[Sn]. The second-order valence-electron chi connectivity index (χ2n) is 4.11. The molecule has 4 nitrogen and oxygen atoms in total. The Hall–Kier alpha value is 0.639. The van der Waals surface area contributed by atoms with Gasteiger partial charge in [0.25, 0.3) is 0 Å². The van der Waals surface area contributed by atoms with Crippen molar-refractivity contribution in [3.8, 4) is 0 Å². The maximum Gasteiger partial charge on any atom is 0.0104 e. The number of hydrogen-bond donors (Lipinski definition) is 2. The summed E-state index contributed by atoms with van der Waals surface area (Å²) in [7, 11) is 4.31. The second-order valence-corrected chi connectivity index (χ2v) is 4.11. The van der Waals surface area contributed by atoms with Gasteiger partial charge in [0.2, 0.25) is 0 Å². The summed E-state index contributed by atoms with van der Waals surface area (Å²) in [6.45, 7) is 9.49. The van der Waals surface area contributed by atoms with Crippen LogP contribution >= 0.6 is 0 Å². The van der Waals surface area contributed by atoms with E-state index in [-0.39, 0.29) is 23.9 Å². The van der Waals surface area contributed by atoms with Gasteiger partial charge in [-0.2, -0.15) is 0 Å². The molecule has 0 unspecified atom stereocenters. The number of likely N-dealkylation sites (N-methyl/N-ethyl adjacent to an activating group) is 2. The van der Waals surface area contributed by atoms with Gasteiger partial charge in [-0.3, -0.25) is 0 Å².